The van der Waals surface area contributed by atoms with Gasteiger partial charge >= 0.3 is 5.76 Å². The van der Waals surface area contributed by atoms with Gasteiger partial charge in [0.15, 0.2) is 5.69 Å². The summed E-state index contributed by atoms with van der Waals surface area (Å²) in [5.74, 6) is -1.79. The molecule has 1 aromatic heterocycles. The molecule has 3 aromatic carbocycles. The Morgan fingerprint density at radius 1 is 1.13 bits per heavy atom. The minimum atomic E-state index is -1.65. The maximum absolute atomic E-state index is 15.6. The van der Waals surface area contributed by atoms with Gasteiger partial charge in [0.25, 0.3) is 0 Å². The van der Waals surface area contributed by atoms with E-state index in [4.69, 9.17) is 11.0 Å². The fourth-order valence-electron chi connectivity index (χ4n) is 5.60. The molecule has 0 radical (unpaired) electrons. The number of benzene rings is 3. The molecule has 39 heavy (non-hydrogen) atoms. The third kappa shape index (κ3) is 5.36. The summed E-state index contributed by atoms with van der Waals surface area (Å²) in [6.07, 6.45) is 0. The number of H-pyrrole nitrogens is 1. The smallest absolute Gasteiger partial charge is 0.388 e. The number of nitriles is 1. The SMILES string of the molecule is [C-]#[N+]c1ccc(C(c2cccc(-c3n[nH]c(=O)o3)c2)N2CC([C@@H](c3cc(F)cc(C#N)c3)C(C)(C)F)C2)cc1. The number of aromatic amines is 1. The molecule has 2 atom stereocenters. The van der Waals surface area contributed by atoms with E-state index in [0.717, 1.165) is 17.2 Å². The van der Waals surface area contributed by atoms with Crippen LogP contribution in [0.5, 0.6) is 0 Å². The molecule has 0 aliphatic carbocycles. The summed E-state index contributed by atoms with van der Waals surface area (Å²) in [5.41, 5.74) is 1.96. The van der Waals surface area contributed by atoms with Crippen molar-refractivity contribution < 1.29 is 13.2 Å². The highest BCUT2D eigenvalue weighted by Gasteiger charge is 2.45. The van der Waals surface area contributed by atoms with Crippen LogP contribution >= 0.6 is 0 Å². The zero-order chi connectivity index (χ0) is 27.7. The van der Waals surface area contributed by atoms with Gasteiger partial charge in [-0.1, -0.05) is 36.4 Å². The number of nitrogens with one attached hydrogen (secondary N) is 1. The summed E-state index contributed by atoms with van der Waals surface area (Å²) in [6.45, 7) is 11.3. The van der Waals surface area contributed by atoms with Crippen molar-refractivity contribution in [2.75, 3.05) is 13.1 Å². The van der Waals surface area contributed by atoms with E-state index >= 15 is 4.39 Å². The van der Waals surface area contributed by atoms with Crippen LogP contribution in [0, 0.1) is 29.6 Å². The zero-order valence-corrected chi connectivity index (χ0v) is 21.4. The van der Waals surface area contributed by atoms with Crippen molar-refractivity contribution in [3.8, 4) is 17.5 Å². The third-order valence-corrected chi connectivity index (χ3v) is 7.15. The van der Waals surface area contributed by atoms with Crippen molar-refractivity contribution in [2.45, 2.75) is 31.5 Å². The molecular weight excluding hydrogens is 500 g/mol. The monoisotopic (exact) mass is 525 g/mol. The molecule has 9 heteroatoms. The Morgan fingerprint density at radius 2 is 1.87 bits per heavy atom. The fourth-order valence-corrected chi connectivity index (χ4v) is 5.60. The minimum Gasteiger partial charge on any atom is -0.388 e. The van der Waals surface area contributed by atoms with Gasteiger partial charge < -0.3 is 4.42 Å². The number of aromatic nitrogens is 2. The van der Waals surface area contributed by atoms with Gasteiger partial charge in [-0.05, 0) is 66.8 Å². The van der Waals surface area contributed by atoms with Crippen LogP contribution in [0.25, 0.3) is 16.3 Å². The van der Waals surface area contributed by atoms with Crippen LogP contribution in [-0.2, 0) is 0 Å². The van der Waals surface area contributed by atoms with Crippen LogP contribution in [0.15, 0.2) is 75.9 Å². The Morgan fingerprint density at radius 3 is 2.49 bits per heavy atom. The molecule has 4 aromatic rings. The van der Waals surface area contributed by atoms with Gasteiger partial charge in [0.05, 0.1) is 24.2 Å². The van der Waals surface area contributed by atoms with E-state index in [0.29, 0.717) is 29.9 Å². The number of halogens is 2. The molecule has 196 valence electrons. The van der Waals surface area contributed by atoms with Crippen LogP contribution in [0.2, 0.25) is 0 Å². The van der Waals surface area contributed by atoms with Crippen molar-refractivity contribution in [3.05, 3.63) is 117 Å². The lowest BCUT2D eigenvalue weighted by atomic mass is 9.72. The lowest BCUT2D eigenvalue weighted by Crippen LogP contribution is -2.53. The topological polar surface area (TPSA) is 90.3 Å². The summed E-state index contributed by atoms with van der Waals surface area (Å²) < 4.78 is 35.0. The van der Waals surface area contributed by atoms with Crippen LogP contribution in [0.4, 0.5) is 14.5 Å². The highest BCUT2D eigenvalue weighted by atomic mass is 19.1. The second-order valence-electron chi connectivity index (χ2n) is 10.3. The second-order valence-corrected chi connectivity index (χ2v) is 10.3. The summed E-state index contributed by atoms with van der Waals surface area (Å²) in [4.78, 5) is 17.2. The average molecular weight is 526 g/mol. The summed E-state index contributed by atoms with van der Waals surface area (Å²) >= 11 is 0. The Kier molecular flexibility index (Phi) is 6.86. The van der Waals surface area contributed by atoms with E-state index in [1.54, 1.807) is 24.3 Å². The van der Waals surface area contributed by atoms with E-state index in [9.17, 15) is 14.4 Å². The van der Waals surface area contributed by atoms with Gasteiger partial charge in [0, 0.05) is 24.6 Å². The van der Waals surface area contributed by atoms with Crippen molar-refractivity contribution in [1.82, 2.24) is 15.1 Å². The maximum atomic E-state index is 15.6. The van der Waals surface area contributed by atoms with Crippen LogP contribution in [-0.4, -0.2) is 33.9 Å². The van der Waals surface area contributed by atoms with Gasteiger partial charge in [-0.2, -0.15) is 5.26 Å². The van der Waals surface area contributed by atoms with Crippen molar-refractivity contribution in [3.63, 3.8) is 0 Å². The maximum Gasteiger partial charge on any atom is 0.434 e. The highest BCUT2D eigenvalue weighted by Crippen LogP contribution is 2.46. The summed E-state index contributed by atoms with van der Waals surface area (Å²) in [5, 5.41) is 15.5. The minimum absolute atomic E-state index is 0.129. The van der Waals surface area contributed by atoms with E-state index in [-0.39, 0.29) is 23.4 Å². The molecular formula is C30H25F2N5O2. The largest absolute Gasteiger partial charge is 0.434 e. The lowest BCUT2D eigenvalue weighted by molar-refractivity contribution is 0.00813. The Balaban J connectivity index is 1.49. The normalized spacial score (nSPS) is 15.6. The molecule has 2 heterocycles. The fraction of sp³-hybridized carbons (Fsp3) is 0.267. The van der Waals surface area contributed by atoms with Gasteiger partial charge in [-0.25, -0.2) is 23.5 Å². The second kappa shape index (κ2) is 10.3. The van der Waals surface area contributed by atoms with E-state index in [1.807, 2.05) is 36.4 Å². The molecule has 1 unspecified atom stereocenters. The third-order valence-electron chi connectivity index (χ3n) is 7.15. The van der Waals surface area contributed by atoms with E-state index in [1.165, 1.54) is 19.9 Å². The summed E-state index contributed by atoms with van der Waals surface area (Å²) in [6, 6.07) is 20.6. The van der Waals surface area contributed by atoms with Crippen molar-refractivity contribution >= 4 is 5.69 Å². The number of nitrogens with zero attached hydrogens (tertiary/aromatic N) is 4. The standard InChI is InChI=1S/C30H25F2N5O2/c1-30(2,32)26(22-11-18(15-33)12-24(31)14-22)23-16-37(17-23)27(19-7-9-25(34-3)10-8-19)20-5-4-6-21(13-20)28-35-36-29(38)39-28/h4-14,23,26-27H,16-17H2,1-2H3,(H,36,38)/t26-,27?/m1/s1. The molecule has 0 spiro atoms. The highest BCUT2D eigenvalue weighted by molar-refractivity contribution is 5.55. The molecule has 1 aliphatic heterocycles. The average Bonchev–Trinajstić information content (AvgIpc) is 3.33. The number of hydrogen-bond donors (Lipinski definition) is 1. The van der Waals surface area contributed by atoms with Crippen LogP contribution in [0.1, 0.15) is 48.1 Å². The Hall–Kier alpha value is -4.60. The van der Waals surface area contributed by atoms with E-state index in [2.05, 4.69) is 19.9 Å². The molecule has 0 amide bonds. The zero-order valence-electron chi connectivity index (χ0n) is 21.4. The first-order chi connectivity index (χ1) is 18.7. The van der Waals surface area contributed by atoms with Gasteiger partial charge in [-0.3, -0.25) is 4.90 Å². The molecule has 0 bridgehead atoms. The number of hydrogen-bond acceptors (Lipinski definition) is 5. The van der Waals surface area contributed by atoms with Gasteiger partial charge in [-0.15, -0.1) is 5.10 Å². The van der Waals surface area contributed by atoms with Crippen LogP contribution < -0.4 is 5.76 Å². The molecule has 1 fully saturated rings. The van der Waals surface area contributed by atoms with Gasteiger partial charge in [0.2, 0.25) is 5.89 Å². The molecule has 7 nitrogen and oxygen atoms in total. The predicted octanol–water partition coefficient (Wildman–Crippen LogP) is 6.14. The molecule has 0 saturated carbocycles. The Bertz CT molecular complexity index is 1630. The number of rotatable bonds is 7. The number of alkyl halides is 1. The first-order valence-corrected chi connectivity index (χ1v) is 12.4. The van der Waals surface area contributed by atoms with Gasteiger partial charge in [0.1, 0.15) is 11.5 Å². The van der Waals surface area contributed by atoms with Crippen molar-refractivity contribution in [1.29, 1.82) is 5.26 Å². The predicted molar refractivity (Wildman–Crippen MR) is 141 cm³/mol. The lowest BCUT2D eigenvalue weighted by Gasteiger charge is -2.50. The molecule has 1 saturated heterocycles. The molecule has 1 aliphatic rings. The first kappa shape index (κ1) is 26.0. The Labute approximate surface area is 224 Å². The first-order valence-electron chi connectivity index (χ1n) is 12.4. The molecule has 1 N–H and O–H groups in total. The van der Waals surface area contributed by atoms with E-state index < -0.39 is 23.2 Å². The summed E-state index contributed by atoms with van der Waals surface area (Å²) in [7, 11) is 0. The van der Waals surface area contributed by atoms with Crippen LogP contribution in [0.3, 0.4) is 0 Å². The number of likely N-dealkylation sites (tertiary alicyclic amines) is 1. The van der Waals surface area contributed by atoms with Crippen molar-refractivity contribution in [2.24, 2.45) is 5.92 Å². The quantitative estimate of drug-likeness (QED) is 0.293. The molecule has 5 rings (SSSR count).